The Labute approximate surface area is 78.4 Å². The molecule has 0 bridgehead atoms. The summed E-state index contributed by atoms with van der Waals surface area (Å²) in [5.41, 5.74) is 1.88. The standard InChI is InChI=1S/C10H14N2O/c1-8(13)6-9-4-5-10(7-11-9)12(2)3/h4-5,7H,6H2,1-3H3. The Morgan fingerprint density at radius 2 is 2.15 bits per heavy atom. The average molecular weight is 178 g/mol. The molecule has 0 N–H and O–H groups in total. The summed E-state index contributed by atoms with van der Waals surface area (Å²) in [6, 6.07) is 3.85. The van der Waals surface area contributed by atoms with Gasteiger partial charge in [-0.25, -0.2) is 0 Å². The van der Waals surface area contributed by atoms with E-state index in [0.29, 0.717) is 6.42 Å². The Morgan fingerprint density at radius 1 is 1.46 bits per heavy atom. The van der Waals surface area contributed by atoms with Gasteiger partial charge in [-0.1, -0.05) is 0 Å². The van der Waals surface area contributed by atoms with E-state index in [1.54, 1.807) is 13.1 Å². The Balaban J connectivity index is 2.75. The van der Waals surface area contributed by atoms with Crippen molar-refractivity contribution in [2.45, 2.75) is 13.3 Å². The molecule has 0 radical (unpaired) electrons. The second kappa shape index (κ2) is 4.03. The van der Waals surface area contributed by atoms with Gasteiger partial charge < -0.3 is 4.90 Å². The molecule has 0 aliphatic carbocycles. The number of carbonyl (C=O) groups excluding carboxylic acids is 1. The fourth-order valence-corrected chi connectivity index (χ4v) is 1.04. The van der Waals surface area contributed by atoms with Crippen molar-refractivity contribution in [1.29, 1.82) is 0 Å². The maximum absolute atomic E-state index is 10.8. The topological polar surface area (TPSA) is 33.2 Å². The summed E-state index contributed by atoms with van der Waals surface area (Å²) in [7, 11) is 3.92. The zero-order chi connectivity index (χ0) is 9.84. The molecule has 1 rings (SSSR count). The van der Waals surface area contributed by atoms with Gasteiger partial charge in [-0.05, 0) is 19.1 Å². The lowest BCUT2D eigenvalue weighted by Crippen LogP contribution is -2.09. The number of aromatic nitrogens is 1. The summed E-state index contributed by atoms with van der Waals surface area (Å²) in [4.78, 5) is 16.9. The molecule has 70 valence electrons. The number of ketones is 1. The Kier molecular flexibility index (Phi) is 3.01. The molecule has 0 aliphatic heterocycles. The molecule has 0 saturated carbocycles. The third-order valence-electron chi connectivity index (χ3n) is 1.76. The maximum atomic E-state index is 10.8. The Hall–Kier alpha value is -1.38. The largest absolute Gasteiger partial charge is 0.376 e. The van der Waals surface area contributed by atoms with Crippen molar-refractivity contribution in [3.63, 3.8) is 0 Å². The van der Waals surface area contributed by atoms with E-state index in [9.17, 15) is 4.79 Å². The van der Waals surface area contributed by atoms with Crippen LogP contribution in [0.5, 0.6) is 0 Å². The highest BCUT2D eigenvalue weighted by Crippen LogP contribution is 2.09. The first-order chi connectivity index (χ1) is 6.09. The third-order valence-corrected chi connectivity index (χ3v) is 1.76. The zero-order valence-electron chi connectivity index (χ0n) is 8.24. The van der Waals surface area contributed by atoms with Gasteiger partial charge in [-0.2, -0.15) is 0 Å². The van der Waals surface area contributed by atoms with Crippen LogP contribution in [0.15, 0.2) is 18.3 Å². The van der Waals surface area contributed by atoms with Gasteiger partial charge in [0.15, 0.2) is 0 Å². The number of nitrogens with zero attached hydrogens (tertiary/aromatic N) is 2. The van der Waals surface area contributed by atoms with E-state index < -0.39 is 0 Å². The Morgan fingerprint density at radius 3 is 2.54 bits per heavy atom. The molecule has 13 heavy (non-hydrogen) atoms. The van der Waals surface area contributed by atoms with Gasteiger partial charge in [-0.3, -0.25) is 9.78 Å². The maximum Gasteiger partial charge on any atom is 0.135 e. The van der Waals surface area contributed by atoms with Crippen LogP contribution in [0.25, 0.3) is 0 Å². The molecule has 1 heterocycles. The van der Waals surface area contributed by atoms with Crippen LogP contribution in [0.2, 0.25) is 0 Å². The average Bonchev–Trinajstić information content (AvgIpc) is 2.04. The number of Topliss-reactive ketones (excluding diaryl/α,β-unsaturated/α-hetero) is 1. The molecule has 0 spiro atoms. The van der Waals surface area contributed by atoms with Gasteiger partial charge >= 0.3 is 0 Å². The molecular formula is C10H14N2O. The van der Waals surface area contributed by atoms with E-state index in [-0.39, 0.29) is 5.78 Å². The lowest BCUT2D eigenvalue weighted by Gasteiger charge is -2.11. The SMILES string of the molecule is CC(=O)Cc1ccc(N(C)C)cn1. The minimum Gasteiger partial charge on any atom is -0.376 e. The lowest BCUT2D eigenvalue weighted by molar-refractivity contribution is -0.116. The summed E-state index contributed by atoms with van der Waals surface area (Å²) in [5, 5.41) is 0. The smallest absolute Gasteiger partial charge is 0.135 e. The normalized spacial score (nSPS) is 9.77. The molecule has 1 aromatic heterocycles. The van der Waals surface area contributed by atoms with Gasteiger partial charge in [0, 0.05) is 26.2 Å². The van der Waals surface area contributed by atoms with Crippen LogP contribution in [-0.2, 0) is 11.2 Å². The fraction of sp³-hybridized carbons (Fsp3) is 0.400. The summed E-state index contributed by atoms with van der Waals surface area (Å²) >= 11 is 0. The first kappa shape index (κ1) is 9.71. The quantitative estimate of drug-likeness (QED) is 0.699. The molecule has 3 heteroatoms. The molecule has 0 saturated heterocycles. The number of carbonyl (C=O) groups is 1. The number of rotatable bonds is 3. The van der Waals surface area contributed by atoms with Crippen LogP contribution in [0, 0.1) is 0 Å². The second-order valence-corrected chi connectivity index (χ2v) is 3.28. The van der Waals surface area contributed by atoms with E-state index in [1.807, 2.05) is 31.1 Å². The molecule has 0 aromatic carbocycles. The highest BCUT2D eigenvalue weighted by atomic mass is 16.1. The molecule has 0 amide bonds. The van der Waals surface area contributed by atoms with Crippen LogP contribution in [0.3, 0.4) is 0 Å². The van der Waals surface area contributed by atoms with E-state index in [2.05, 4.69) is 4.98 Å². The zero-order valence-corrected chi connectivity index (χ0v) is 8.24. The molecular weight excluding hydrogens is 164 g/mol. The number of pyridine rings is 1. The summed E-state index contributed by atoms with van der Waals surface area (Å²) in [6.07, 6.45) is 2.20. The van der Waals surface area contributed by atoms with Gasteiger partial charge in [-0.15, -0.1) is 0 Å². The molecule has 0 aliphatic rings. The van der Waals surface area contributed by atoms with Crippen molar-refractivity contribution < 1.29 is 4.79 Å². The van der Waals surface area contributed by atoms with Gasteiger partial charge in [0.2, 0.25) is 0 Å². The van der Waals surface area contributed by atoms with E-state index >= 15 is 0 Å². The second-order valence-electron chi connectivity index (χ2n) is 3.28. The van der Waals surface area contributed by atoms with Gasteiger partial charge in [0.1, 0.15) is 5.78 Å². The minimum absolute atomic E-state index is 0.144. The van der Waals surface area contributed by atoms with Crippen molar-refractivity contribution in [3.8, 4) is 0 Å². The van der Waals surface area contributed by atoms with Crippen LogP contribution in [0.4, 0.5) is 5.69 Å². The first-order valence-electron chi connectivity index (χ1n) is 4.21. The number of hydrogen-bond donors (Lipinski definition) is 0. The summed E-state index contributed by atoms with van der Waals surface area (Å²) in [6.45, 7) is 1.57. The fourth-order valence-electron chi connectivity index (χ4n) is 1.04. The van der Waals surface area contributed by atoms with Crippen molar-refractivity contribution in [2.24, 2.45) is 0 Å². The van der Waals surface area contributed by atoms with Crippen LogP contribution in [-0.4, -0.2) is 24.9 Å². The van der Waals surface area contributed by atoms with Crippen molar-refractivity contribution in [3.05, 3.63) is 24.0 Å². The third kappa shape index (κ3) is 2.86. The molecule has 1 aromatic rings. The van der Waals surface area contributed by atoms with Gasteiger partial charge in [0.25, 0.3) is 0 Å². The predicted octanol–water partition coefficient (Wildman–Crippen LogP) is 1.28. The van der Waals surface area contributed by atoms with E-state index in [0.717, 1.165) is 11.4 Å². The molecule has 0 fully saturated rings. The highest BCUT2D eigenvalue weighted by molar-refractivity contribution is 5.77. The molecule has 3 nitrogen and oxygen atoms in total. The monoisotopic (exact) mass is 178 g/mol. The van der Waals surface area contributed by atoms with Gasteiger partial charge in [0.05, 0.1) is 11.9 Å². The lowest BCUT2D eigenvalue weighted by atomic mass is 10.2. The first-order valence-corrected chi connectivity index (χ1v) is 4.21. The highest BCUT2D eigenvalue weighted by Gasteiger charge is 1.99. The molecule has 0 atom stereocenters. The minimum atomic E-state index is 0.144. The number of hydrogen-bond acceptors (Lipinski definition) is 3. The van der Waals surface area contributed by atoms with E-state index in [4.69, 9.17) is 0 Å². The van der Waals surface area contributed by atoms with Crippen molar-refractivity contribution in [2.75, 3.05) is 19.0 Å². The van der Waals surface area contributed by atoms with Crippen molar-refractivity contribution >= 4 is 11.5 Å². The Bertz CT molecular complexity index is 290. The summed E-state index contributed by atoms with van der Waals surface area (Å²) < 4.78 is 0. The van der Waals surface area contributed by atoms with Crippen molar-refractivity contribution in [1.82, 2.24) is 4.98 Å². The molecule has 0 unspecified atom stereocenters. The van der Waals surface area contributed by atoms with Crippen LogP contribution in [0.1, 0.15) is 12.6 Å². The number of anilines is 1. The van der Waals surface area contributed by atoms with E-state index in [1.165, 1.54) is 0 Å². The van der Waals surface area contributed by atoms with Crippen LogP contribution < -0.4 is 4.90 Å². The predicted molar refractivity (Wildman–Crippen MR) is 52.9 cm³/mol. The summed E-state index contributed by atoms with van der Waals surface area (Å²) in [5.74, 6) is 0.144. The van der Waals surface area contributed by atoms with Crippen LogP contribution >= 0.6 is 0 Å².